The Morgan fingerprint density at radius 2 is 0.915 bits per heavy atom. The van der Waals surface area contributed by atoms with Gasteiger partial charge in [-0.05, 0) is 84.5 Å². The molecule has 0 saturated carbocycles. The molecule has 9 atom stereocenters. The summed E-state index contributed by atoms with van der Waals surface area (Å²) in [6.45, 7) is 5.00. The number of likely N-dealkylation sites (N-methyl/N-ethyl adjacent to an activating group) is 1. The van der Waals surface area contributed by atoms with E-state index in [0.29, 0.717) is 40.7 Å². The van der Waals surface area contributed by atoms with Crippen molar-refractivity contribution in [2.75, 3.05) is 33.2 Å². The molecule has 0 aromatic heterocycles. The first-order chi connectivity index (χ1) is 45.2. The number of benzene rings is 5. The van der Waals surface area contributed by atoms with Crippen LogP contribution in [0.1, 0.15) is 87.1 Å². The molecule has 24 heteroatoms. The third kappa shape index (κ3) is 21.6. The van der Waals surface area contributed by atoms with Crippen LogP contribution in [-0.4, -0.2) is 167 Å². The zero-order chi connectivity index (χ0) is 67.7. The number of nitrogens with two attached hydrogens (primary N) is 1. The molecule has 0 radical (unpaired) electrons. The van der Waals surface area contributed by atoms with Crippen LogP contribution in [0, 0.1) is 5.92 Å². The molecule has 5 aromatic carbocycles. The van der Waals surface area contributed by atoms with Crippen molar-refractivity contribution < 1.29 is 57.8 Å². The van der Waals surface area contributed by atoms with E-state index in [0.717, 1.165) is 4.90 Å². The van der Waals surface area contributed by atoms with E-state index in [2.05, 4.69) is 47.9 Å². The standard InChI is InChI=1S/C70H88N12O12/c1-5-35-72-59(84)42-56-65(89)76-52(37-45-20-10-6-11-21-45)62(86)77-55(40-49-30-32-50(83)33-31-49)66(90)80-61(44(2)3)68(92)74-51(28-18-34-71)69(93)81(4)43-60(85)73-57(41-48-26-16-9-17-27-48)70(94)82-36-19-29-58(82)67(91)79-54(39-47-24-14-8-15-25-47)64(88)75-53(63(87)78-56)38-46-22-12-7-13-23-46/h6-17,20-27,30-33,44,51-58,61,83H,5,18-19,28-29,34-43,71H2,1-4H3,(H,72,84)(H,73,85)(H,74,92)(H,75,88)(H,76,89)(H,77,86)(H,78,87)(H,79,91)(H,80,90)/t51-,52+,53+,54-,55-,56-,57+,58-,61-/m0/s1. The summed E-state index contributed by atoms with van der Waals surface area (Å²) >= 11 is 0. The van der Waals surface area contributed by atoms with Gasteiger partial charge in [0.2, 0.25) is 65.0 Å². The van der Waals surface area contributed by atoms with Crippen LogP contribution < -0.4 is 53.6 Å². The molecule has 2 heterocycles. The van der Waals surface area contributed by atoms with Crippen molar-refractivity contribution in [3.63, 3.8) is 0 Å². The largest absolute Gasteiger partial charge is 0.508 e. The molecule has 2 aliphatic rings. The fourth-order valence-corrected chi connectivity index (χ4v) is 11.3. The van der Waals surface area contributed by atoms with Crippen molar-refractivity contribution in [2.45, 2.75) is 146 Å². The molecular formula is C70H88N12O12. The number of nitrogens with one attached hydrogen (secondary N) is 9. The van der Waals surface area contributed by atoms with E-state index in [1.807, 2.05) is 6.92 Å². The summed E-state index contributed by atoms with van der Waals surface area (Å²) < 4.78 is 0. The van der Waals surface area contributed by atoms with Gasteiger partial charge in [-0.25, -0.2) is 0 Å². The third-order valence-corrected chi connectivity index (χ3v) is 16.4. The number of rotatable bonds is 18. The van der Waals surface area contributed by atoms with Crippen LogP contribution in [-0.2, 0) is 84.8 Å². The van der Waals surface area contributed by atoms with Gasteiger partial charge in [0.25, 0.3) is 0 Å². The van der Waals surface area contributed by atoms with E-state index in [1.54, 1.807) is 135 Å². The van der Waals surface area contributed by atoms with Crippen LogP contribution in [0.2, 0.25) is 0 Å². The molecule has 500 valence electrons. The van der Waals surface area contributed by atoms with E-state index in [-0.39, 0.29) is 76.8 Å². The van der Waals surface area contributed by atoms with E-state index >= 15 is 19.2 Å². The van der Waals surface area contributed by atoms with Crippen LogP contribution >= 0.6 is 0 Å². The molecule has 12 N–H and O–H groups in total. The lowest BCUT2D eigenvalue weighted by atomic mass is 9.99. The van der Waals surface area contributed by atoms with Crippen molar-refractivity contribution in [1.82, 2.24) is 57.7 Å². The average Bonchev–Trinajstić information content (AvgIpc) is 1.58. The Labute approximate surface area is 548 Å². The molecular weight excluding hydrogens is 1200 g/mol. The lowest BCUT2D eigenvalue weighted by Gasteiger charge is -2.31. The second-order valence-corrected chi connectivity index (χ2v) is 24.2. The van der Waals surface area contributed by atoms with Crippen molar-refractivity contribution in [3.05, 3.63) is 173 Å². The fraction of sp³-hybridized carbons (Fsp3) is 0.414. The number of carbonyl (C=O) groups is 11. The average molecular weight is 1290 g/mol. The summed E-state index contributed by atoms with van der Waals surface area (Å²) in [5, 5.41) is 35.2. The maximum absolute atomic E-state index is 15.1. The van der Waals surface area contributed by atoms with Gasteiger partial charge < -0.3 is 68.5 Å². The smallest absolute Gasteiger partial charge is 0.246 e. The molecule has 2 saturated heterocycles. The van der Waals surface area contributed by atoms with E-state index in [1.165, 1.54) is 36.2 Å². The van der Waals surface area contributed by atoms with Gasteiger partial charge in [-0.3, -0.25) is 52.7 Å². The van der Waals surface area contributed by atoms with Gasteiger partial charge in [0.05, 0.1) is 13.0 Å². The molecule has 0 bridgehead atoms. The van der Waals surface area contributed by atoms with Gasteiger partial charge in [0, 0.05) is 52.2 Å². The lowest BCUT2D eigenvalue weighted by Crippen LogP contribution is -2.62. The van der Waals surface area contributed by atoms with Crippen molar-refractivity contribution in [2.24, 2.45) is 11.7 Å². The first-order valence-corrected chi connectivity index (χ1v) is 32.1. The van der Waals surface area contributed by atoms with Crippen LogP contribution in [0.3, 0.4) is 0 Å². The number of hydrogen-bond donors (Lipinski definition) is 11. The van der Waals surface area contributed by atoms with Gasteiger partial charge in [-0.1, -0.05) is 154 Å². The summed E-state index contributed by atoms with van der Waals surface area (Å²) in [4.78, 5) is 164. The maximum Gasteiger partial charge on any atom is 0.246 e. The number of carbonyl (C=O) groups excluding carboxylic acids is 11. The van der Waals surface area contributed by atoms with Crippen LogP contribution in [0.25, 0.3) is 0 Å². The summed E-state index contributed by atoms with van der Waals surface area (Å²) in [6, 6.07) is 28.2. The van der Waals surface area contributed by atoms with Crippen molar-refractivity contribution in [1.29, 1.82) is 0 Å². The van der Waals surface area contributed by atoms with Gasteiger partial charge in [-0.2, -0.15) is 0 Å². The summed E-state index contributed by atoms with van der Waals surface area (Å²) in [7, 11) is 1.36. The van der Waals surface area contributed by atoms with Crippen LogP contribution in [0.4, 0.5) is 0 Å². The summed E-state index contributed by atoms with van der Waals surface area (Å²) in [5.41, 5.74) is 8.83. The van der Waals surface area contributed by atoms with E-state index < -0.39 is 138 Å². The summed E-state index contributed by atoms with van der Waals surface area (Å²) in [5.74, 6) is -9.34. The van der Waals surface area contributed by atoms with Crippen LogP contribution in [0.5, 0.6) is 5.75 Å². The SMILES string of the molecule is CCCNC(=O)C[C@@H]1NC(=O)[C@@H](Cc2ccccc2)NC(=O)[C@H](Cc2ccccc2)NC(=O)[C@@H]2CCCN2C(=O)[C@@H](Cc2ccccc2)NC(=O)CN(C)C(=O)[C@H](CCCN)NC(=O)[C@H](C(C)C)NC(=O)[C@H](Cc2ccc(O)cc2)NC(=O)[C@@H](Cc2ccccc2)NC1=O. The Bertz CT molecular complexity index is 3380. The van der Waals surface area contributed by atoms with Gasteiger partial charge in [0.1, 0.15) is 60.1 Å². The Morgan fingerprint density at radius 1 is 0.511 bits per heavy atom. The highest BCUT2D eigenvalue weighted by Gasteiger charge is 2.41. The van der Waals surface area contributed by atoms with Crippen molar-refractivity contribution >= 4 is 65.0 Å². The number of amides is 11. The topological polar surface area (TPSA) is 349 Å². The zero-order valence-electron chi connectivity index (χ0n) is 53.6. The number of hydrogen-bond acceptors (Lipinski definition) is 13. The maximum atomic E-state index is 15.1. The minimum absolute atomic E-state index is 0.0173. The predicted octanol–water partition coefficient (Wildman–Crippen LogP) is 1.56. The van der Waals surface area contributed by atoms with Crippen LogP contribution in [0.15, 0.2) is 146 Å². The molecule has 5 aromatic rings. The molecule has 0 aliphatic carbocycles. The third-order valence-electron chi connectivity index (χ3n) is 16.4. The molecule has 7 rings (SSSR count). The second kappa shape index (κ2) is 35.7. The zero-order valence-corrected chi connectivity index (χ0v) is 53.6. The number of aromatic hydroxyl groups is 1. The van der Waals surface area contributed by atoms with Gasteiger partial charge in [-0.15, -0.1) is 0 Å². The molecule has 11 amide bonds. The molecule has 94 heavy (non-hydrogen) atoms. The fourth-order valence-electron chi connectivity index (χ4n) is 11.3. The Hall–Kier alpha value is -9.97. The lowest BCUT2D eigenvalue weighted by molar-refractivity contribution is -0.143. The number of fused-ring (bicyclic) bond motifs is 1. The summed E-state index contributed by atoms with van der Waals surface area (Å²) in [6.07, 6.45) is 0.0693. The molecule has 2 fully saturated rings. The highest BCUT2D eigenvalue weighted by molar-refractivity contribution is 6.00. The Balaban J connectivity index is 1.32. The van der Waals surface area contributed by atoms with Crippen molar-refractivity contribution in [3.8, 4) is 5.75 Å². The molecule has 0 unspecified atom stereocenters. The number of phenols is 1. The Kier molecular flexibility index (Phi) is 27.2. The first kappa shape index (κ1) is 71.5. The normalized spacial score (nSPS) is 22.9. The van der Waals surface area contributed by atoms with E-state index in [4.69, 9.17) is 5.73 Å². The minimum atomic E-state index is -1.70. The number of phenolic OH excluding ortho intramolecular Hbond substituents is 1. The predicted molar refractivity (Wildman–Crippen MR) is 351 cm³/mol. The Morgan fingerprint density at radius 3 is 1.36 bits per heavy atom. The monoisotopic (exact) mass is 1290 g/mol. The second-order valence-electron chi connectivity index (χ2n) is 24.2. The minimum Gasteiger partial charge on any atom is -0.508 e. The highest BCUT2D eigenvalue weighted by Crippen LogP contribution is 2.22. The first-order valence-electron chi connectivity index (χ1n) is 32.1. The quantitative estimate of drug-likeness (QED) is 0.0594. The van der Waals surface area contributed by atoms with Gasteiger partial charge >= 0.3 is 0 Å². The molecule has 24 nitrogen and oxygen atoms in total. The van der Waals surface area contributed by atoms with Gasteiger partial charge in [0.15, 0.2) is 0 Å². The highest BCUT2D eigenvalue weighted by atomic mass is 16.3. The molecule has 0 spiro atoms. The molecule has 2 aliphatic heterocycles. The number of nitrogens with zero attached hydrogens (tertiary/aromatic N) is 2. The van der Waals surface area contributed by atoms with E-state index in [9.17, 15) is 38.7 Å².